The van der Waals surface area contributed by atoms with Gasteiger partial charge in [0.2, 0.25) is 5.91 Å². The van der Waals surface area contributed by atoms with E-state index in [0.29, 0.717) is 25.0 Å². The minimum atomic E-state index is -1.05. The normalized spacial score (nSPS) is 16.2. The fourth-order valence-corrected chi connectivity index (χ4v) is 3.92. The summed E-state index contributed by atoms with van der Waals surface area (Å²) in [7, 11) is 0. The summed E-state index contributed by atoms with van der Waals surface area (Å²) in [6.45, 7) is 12.5. The Hall–Kier alpha value is -2.48. The minimum Gasteiger partial charge on any atom is -0.463 e. The maximum Gasteiger partial charge on any atom is 0.333 e. The monoisotopic (exact) mass is 493 g/mol. The lowest BCUT2D eigenvalue weighted by atomic mass is 9.80. The van der Waals surface area contributed by atoms with Crippen LogP contribution in [0.2, 0.25) is 0 Å². The van der Waals surface area contributed by atoms with Gasteiger partial charge in [-0.25, -0.2) is 4.79 Å². The smallest absolute Gasteiger partial charge is 0.333 e. The summed E-state index contributed by atoms with van der Waals surface area (Å²) in [5, 5.41) is 9.68. The molecule has 198 valence electrons. The Kier molecular flexibility index (Phi) is 13.5. The Balaban J connectivity index is 1.99. The number of ether oxygens (including phenoxy) is 2. The molecule has 1 saturated heterocycles. The predicted molar refractivity (Wildman–Crippen MR) is 133 cm³/mol. The molecule has 1 aliphatic rings. The van der Waals surface area contributed by atoms with Crippen LogP contribution in [0.15, 0.2) is 24.3 Å². The number of hydrogen-bond donors (Lipinski definition) is 1. The first kappa shape index (κ1) is 30.6. The largest absolute Gasteiger partial charge is 0.463 e. The van der Waals surface area contributed by atoms with E-state index in [1.807, 2.05) is 13.8 Å². The zero-order valence-electron chi connectivity index (χ0n) is 21.7. The number of carbonyl (C=O) groups excluding carboxylic acids is 4. The quantitative estimate of drug-likeness (QED) is 0.140. The van der Waals surface area contributed by atoms with E-state index in [2.05, 4.69) is 13.2 Å². The first-order valence-electron chi connectivity index (χ1n) is 12.7. The van der Waals surface area contributed by atoms with Crippen molar-refractivity contribution in [1.29, 1.82) is 0 Å². The van der Waals surface area contributed by atoms with Crippen LogP contribution >= 0.6 is 0 Å². The van der Waals surface area contributed by atoms with Crippen molar-refractivity contribution >= 4 is 23.8 Å². The number of rotatable bonds is 17. The number of esters is 2. The van der Waals surface area contributed by atoms with Gasteiger partial charge in [0.05, 0.1) is 0 Å². The number of carbonyl (C=O) groups is 4. The van der Waals surface area contributed by atoms with Crippen LogP contribution in [0.25, 0.3) is 0 Å². The molecule has 0 aromatic heterocycles. The average Bonchev–Trinajstić information content (AvgIpc) is 2.79. The Bertz CT molecular complexity index is 771. The molecule has 0 aromatic rings. The number of imide groups is 1. The van der Waals surface area contributed by atoms with Crippen LogP contribution in [-0.2, 0) is 28.7 Å². The van der Waals surface area contributed by atoms with Gasteiger partial charge in [0.15, 0.2) is 0 Å². The molecule has 1 unspecified atom stereocenters. The van der Waals surface area contributed by atoms with Gasteiger partial charge >= 0.3 is 11.9 Å². The number of piperidine rings is 1. The van der Waals surface area contributed by atoms with Crippen molar-refractivity contribution < 1.29 is 33.8 Å². The molecule has 0 aliphatic carbocycles. The molecule has 8 heteroatoms. The van der Waals surface area contributed by atoms with Crippen LogP contribution < -0.4 is 0 Å². The van der Waals surface area contributed by atoms with E-state index in [1.54, 1.807) is 0 Å². The summed E-state index contributed by atoms with van der Waals surface area (Å²) in [5.74, 6) is -1.28. The third-order valence-electron chi connectivity index (χ3n) is 5.98. The summed E-state index contributed by atoms with van der Waals surface area (Å²) in [5.41, 5.74) is 0.208. The first-order valence-corrected chi connectivity index (χ1v) is 12.7. The molecule has 0 aromatic carbocycles. The molecule has 8 nitrogen and oxygen atoms in total. The van der Waals surface area contributed by atoms with Gasteiger partial charge in [0, 0.05) is 29.5 Å². The highest BCUT2D eigenvalue weighted by Crippen LogP contribution is 2.33. The van der Waals surface area contributed by atoms with Crippen molar-refractivity contribution in [1.82, 2.24) is 4.90 Å². The zero-order valence-corrected chi connectivity index (χ0v) is 21.7. The molecule has 1 atom stereocenters. The first-order chi connectivity index (χ1) is 16.5. The van der Waals surface area contributed by atoms with Crippen LogP contribution in [0.5, 0.6) is 0 Å². The fourth-order valence-electron chi connectivity index (χ4n) is 3.92. The second-order valence-corrected chi connectivity index (χ2v) is 10.1. The zero-order chi connectivity index (χ0) is 26.4. The number of amides is 2. The summed E-state index contributed by atoms with van der Waals surface area (Å²) < 4.78 is 9.80. The molecule has 0 bridgehead atoms. The molecule has 2 amide bonds. The van der Waals surface area contributed by atoms with E-state index in [9.17, 15) is 24.3 Å². The van der Waals surface area contributed by atoms with Crippen molar-refractivity contribution in [2.24, 2.45) is 5.41 Å². The van der Waals surface area contributed by atoms with Crippen molar-refractivity contribution in [3.63, 3.8) is 0 Å². The lowest BCUT2D eigenvalue weighted by Gasteiger charge is -2.36. The van der Waals surface area contributed by atoms with Crippen LogP contribution in [0.3, 0.4) is 0 Å². The van der Waals surface area contributed by atoms with Crippen LogP contribution in [0, 0.1) is 5.41 Å². The van der Waals surface area contributed by atoms with Gasteiger partial charge in [-0.3, -0.25) is 19.3 Å². The second-order valence-electron chi connectivity index (χ2n) is 10.1. The molecule has 1 N–H and O–H groups in total. The highest BCUT2D eigenvalue weighted by atomic mass is 16.6. The minimum absolute atomic E-state index is 0.0981. The highest BCUT2D eigenvalue weighted by Gasteiger charge is 2.41. The second kappa shape index (κ2) is 15.5. The molecule has 0 radical (unpaired) electrons. The van der Waals surface area contributed by atoms with E-state index in [-0.39, 0.29) is 36.6 Å². The topological polar surface area (TPSA) is 110 Å². The van der Waals surface area contributed by atoms with Crippen molar-refractivity contribution in [2.45, 2.75) is 97.5 Å². The summed E-state index contributed by atoms with van der Waals surface area (Å²) >= 11 is 0. The standard InChI is InChI=1S/C27H43NO7/c1-20(2)25(32)35-19-22(29)18-34-23(30)15-13-11-9-7-6-8-10-12-14-16-28-24(31)21(3)17-27(4,5)26(28)33/h22,29H,1,3,6-19H2,2,4-5H3. The Labute approximate surface area is 209 Å². The number of unbranched alkanes of at least 4 members (excludes halogenated alkanes) is 8. The maximum atomic E-state index is 12.5. The molecular weight excluding hydrogens is 450 g/mol. The Morgan fingerprint density at radius 2 is 1.49 bits per heavy atom. The van der Waals surface area contributed by atoms with Gasteiger partial charge in [-0.1, -0.05) is 72.0 Å². The predicted octanol–water partition coefficient (Wildman–Crippen LogP) is 4.25. The summed E-state index contributed by atoms with van der Waals surface area (Å²) in [6.07, 6.45) is 8.58. The van der Waals surface area contributed by atoms with Gasteiger partial charge in [-0.2, -0.15) is 0 Å². The Morgan fingerprint density at radius 1 is 0.971 bits per heavy atom. The van der Waals surface area contributed by atoms with Gasteiger partial charge in [-0.05, 0) is 26.2 Å². The number of aliphatic hydroxyl groups is 1. The summed E-state index contributed by atoms with van der Waals surface area (Å²) in [4.78, 5) is 49.1. The highest BCUT2D eigenvalue weighted by molar-refractivity contribution is 6.08. The van der Waals surface area contributed by atoms with Crippen LogP contribution in [0.1, 0.15) is 91.4 Å². The number of likely N-dealkylation sites (tertiary alicyclic amines) is 1. The molecule has 1 heterocycles. The lowest BCUT2D eigenvalue weighted by Crippen LogP contribution is -2.50. The molecule has 35 heavy (non-hydrogen) atoms. The van der Waals surface area contributed by atoms with Gasteiger partial charge < -0.3 is 14.6 Å². The maximum absolute atomic E-state index is 12.5. The third kappa shape index (κ3) is 11.7. The van der Waals surface area contributed by atoms with E-state index in [4.69, 9.17) is 9.47 Å². The SMILES string of the molecule is C=C(C)C(=O)OCC(O)COC(=O)CCCCCCCCCCCN1C(=O)C(=C)CC(C)(C)C1=O. The van der Waals surface area contributed by atoms with Crippen molar-refractivity contribution in [2.75, 3.05) is 19.8 Å². The van der Waals surface area contributed by atoms with Crippen LogP contribution in [-0.4, -0.2) is 59.6 Å². The molecule has 1 fully saturated rings. The molecule has 1 aliphatic heterocycles. The number of hydrogen-bond acceptors (Lipinski definition) is 7. The van der Waals surface area contributed by atoms with Crippen molar-refractivity contribution in [3.8, 4) is 0 Å². The molecule has 1 rings (SSSR count). The fraction of sp³-hybridized carbons (Fsp3) is 0.704. The Morgan fingerprint density at radius 3 is 2.06 bits per heavy atom. The van der Waals surface area contributed by atoms with Gasteiger partial charge in [0.1, 0.15) is 19.3 Å². The molecule has 0 spiro atoms. The average molecular weight is 494 g/mol. The van der Waals surface area contributed by atoms with E-state index in [0.717, 1.165) is 57.8 Å². The summed E-state index contributed by atoms with van der Waals surface area (Å²) in [6, 6.07) is 0. The van der Waals surface area contributed by atoms with E-state index < -0.39 is 17.5 Å². The lowest BCUT2D eigenvalue weighted by molar-refractivity contribution is -0.153. The van der Waals surface area contributed by atoms with Crippen LogP contribution in [0.4, 0.5) is 0 Å². The van der Waals surface area contributed by atoms with E-state index >= 15 is 0 Å². The van der Waals surface area contributed by atoms with Crippen molar-refractivity contribution in [3.05, 3.63) is 24.3 Å². The van der Waals surface area contributed by atoms with Gasteiger partial charge in [0.25, 0.3) is 5.91 Å². The molecular formula is C27H43NO7. The van der Waals surface area contributed by atoms with Gasteiger partial charge in [-0.15, -0.1) is 0 Å². The number of nitrogens with zero attached hydrogens (tertiary/aromatic N) is 1. The number of aliphatic hydroxyl groups excluding tert-OH is 1. The third-order valence-corrected chi connectivity index (χ3v) is 5.98. The molecule has 0 saturated carbocycles. The van der Waals surface area contributed by atoms with E-state index in [1.165, 1.54) is 11.8 Å².